The molecule has 0 aliphatic carbocycles. The van der Waals surface area contributed by atoms with Crippen LogP contribution in [0.3, 0.4) is 0 Å². The number of rotatable bonds is 7. The van der Waals surface area contributed by atoms with E-state index in [4.69, 9.17) is 4.74 Å². The van der Waals surface area contributed by atoms with Gasteiger partial charge in [-0.15, -0.1) is 0 Å². The molecule has 2 heterocycles. The van der Waals surface area contributed by atoms with Crippen molar-refractivity contribution in [1.82, 2.24) is 14.5 Å². The van der Waals surface area contributed by atoms with Crippen LogP contribution in [-0.4, -0.2) is 39.0 Å². The van der Waals surface area contributed by atoms with E-state index < -0.39 is 18.7 Å². The Morgan fingerprint density at radius 1 is 1.10 bits per heavy atom. The van der Waals surface area contributed by atoms with Gasteiger partial charge in [-0.3, -0.25) is 9.78 Å². The predicted octanol–water partition coefficient (Wildman–Crippen LogP) is 3.91. The summed E-state index contributed by atoms with van der Waals surface area (Å²) in [7, 11) is 0. The Hall–Kier alpha value is -3.62. The monoisotopic (exact) mass is 415 g/mol. The summed E-state index contributed by atoms with van der Waals surface area (Å²) in [5, 5.41) is 0. The first kappa shape index (κ1) is 21.1. The van der Waals surface area contributed by atoms with Gasteiger partial charge in [-0.1, -0.05) is 0 Å². The number of esters is 1. The van der Waals surface area contributed by atoms with Crippen LogP contribution in [0.1, 0.15) is 39.2 Å². The van der Waals surface area contributed by atoms with E-state index in [9.17, 15) is 18.4 Å². The molecular weight excluding hydrogens is 396 g/mol. The molecule has 0 saturated heterocycles. The Kier molecular flexibility index (Phi) is 6.20. The van der Waals surface area contributed by atoms with Crippen molar-refractivity contribution in [2.24, 2.45) is 0 Å². The summed E-state index contributed by atoms with van der Waals surface area (Å²) < 4.78 is 36.1. The number of benzene rings is 1. The Balaban J connectivity index is 1.80. The van der Waals surface area contributed by atoms with Crippen molar-refractivity contribution >= 4 is 11.8 Å². The largest absolute Gasteiger partial charge is 0.449 e. The highest BCUT2D eigenvalue weighted by atomic mass is 19.3. The van der Waals surface area contributed by atoms with Gasteiger partial charge in [0.2, 0.25) is 5.78 Å². The molecule has 30 heavy (non-hydrogen) atoms. The van der Waals surface area contributed by atoms with E-state index in [1.807, 2.05) is 6.92 Å². The van der Waals surface area contributed by atoms with E-state index >= 15 is 0 Å². The summed E-state index contributed by atoms with van der Waals surface area (Å²) in [6.07, 6.45) is 3.00. The van der Waals surface area contributed by atoms with Crippen LogP contribution in [0.15, 0.2) is 48.9 Å². The van der Waals surface area contributed by atoms with Crippen molar-refractivity contribution in [3.8, 4) is 11.4 Å². The topological polar surface area (TPSA) is 83.3 Å². The van der Waals surface area contributed by atoms with Gasteiger partial charge in [-0.2, -0.15) is 8.78 Å². The number of aromatic nitrogens is 3. The molecule has 0 amide bonds. The molecule has 2 aromatic heterocycles. The van der Waals surface area contributed by atoms with Crippen LogP contribution in [0.25, 0.3) is 5.69 Å². The lowest BCUT2D eigenvalue weighted by Crippen LogP contribution is -2.25. The van der Waals surface area contributed by atoms with E-state index in [2.05, 4.69) is 14.7 Å². The number of Topliss-reactive ketones (excluding diaryl/α,β-unsaturated/α-hetero) is 1. The molecule has 0 saturated carbocycles. The van der Waals surface area contributed by atoms with Gasteiger partial charge >= 0.3 is 12.6 Å². The summed E-state index contributed by atoms with van der Waals surface area (Å²) in [5.74, 6) is -1.08. The summed E-state index contributed by atoms with van der Waals surface area (Å²) >= 11 is 0. The Labute approximate surface area is 171 Å². The second-order valence-electron chi connectivity index (χ2n) is 6.50. The van der Waals surface area contributed by atoms with Crippen LogP contribution in [0.5, 0.6) is 5.75 Å². The van der Waals surface area contributed by atoms with Gasteiger partial charge in [0, 0.05) is 35.0 Å². The zero-order chi connectivity index (χ0) is 21.8. The molecule has 0 radical (unpaired) electrons. The van der Waals surface area contributed by atoms with E-state index in [0.717, 1.165) is 5.69 Å². The zero-order valence-corrected chi connectivity index (χ0v) is 16.5. The average molecular weight is 415 g/mol. The highest BCUT2D eigenvalue weighted by Crippen LogP contribution is 2.25. The van der Waals surface area contributed by atoms with Gasteiger partial charge in [0.1, 0.15) is 5.75 Å². The van der Waals surface area contributed by atoms with Crippen LogP contribution in [0, 0.1) is 13.8 Å². The smallest absolute Gasteiger partial charge is 0.387 e. The van der Waals surface area contributed by atoms with Crippen LogP contribution >= 0.6 is 0 Å². The summed E-state index contributed by atoms with van der Waals surface area (Å²) in [5.41, 5.74) is 2.46. The standard InChI is InChI=1S/C21H19F2N3O4/c1-12-10-17(19(27)14(3)29-20(28)18-11-24-8-9-25-18)13(2)26(12)15-4-6-16(7-5-15)30-21(22)23/h4-11,14,21H,1-3H3/t14-/m0/s1. The van der Waals surface area contributed by atoms with Crippen molar-refractivity contribution < 1.29 is 27.8 Å². The molecule has 0 fully saturated rings. The fraction of sp³-hybridized carbons (Fsp3) is 0.238. The molecule has 0 unspecified atom stereocenters. The van der Waals surface area contributed by atoms with Gasteiger partial charge < -0.3 is 14.0 Å². The lowest BCUT2D eigenvalue weighted by atomic mass is 10.1. The van der Waals surface area contributed by atoms with Gasteiger partial charge in [0.25, 0.3) is 0 Å². The lowest BCUT2D eigenvalue weighted by molar-refractivity contribution is -0.0498. The second kappa shape index (κ2) is 8.81. The quantitative estimate of drug-likeness (QED) is 0.430. The van der Waals surface area contributed by atoms with E-state index in [1.54, 1.807) is 29.7 Å². The van der Waals surface area contributed by atoms with Crippen molar-refractivity contribution in [2.75, 3.05) is 0 Å². The first-order chi connectivity index (χ1) is 14.3. The maximum atomic E-state index is 12.9. The number of carbonyl (C=O) groups is 2. The minimum Gasteiger partial charge on any atom is -0.449 e. The molecule has 1 atom stereocenters. The first-order valence-corrected chi connectivity index (χ1v) is 9.03. The number of ketones is 1. The average Bonchev–Trinajstić information content (AvgIpc) is 3.02. The zero-order valence-electron chi connectivity index (χ0n) is 16.5. The van der Waals surface area contributed by atoms with E-state index in [0.29, 0.717) is 16.9 Å². The molecule has 0 aliphatic rings. The van der Waals surface area contributed by atoms with E-state index in [-0.39, 0.29) is 17.2 Å². The van der Waals surface area contributed by atoms with Crippen LogP contribution in [0.4, 0.5) is 8.78 Å². The third-order valence-corrected chi connectivity index (χ3v) is 4.44. The van der Waals surface area contributed by atoms with Crippen molar-refractivity contribution in [2.45, 2.75) is 33.5 Å². The molecule has 0 bridgehead atoms. The highest BCUT2D eigenvalue weighted by Gasteiger charge is 2.25. The molecule has 3 aromatic rings. The minimum absolute atomic E-state index is 0.00808. The number of hydrogen-bond acceptors (Lipinski definition) is 6. The summed E-state index contributed by atoms with van der Waals surface area (Å²) in [6.45, 7) is 2.14. The van der Waals surface area contributed by atoms with Crippen LogP contribution in [-0.2, 0) is 4.74 Å². The predicted molar refractivity (Wildman–Crippen MR) is 103 cm³/mol. The first-order valence-electron chi connectivity index (χ1n) is 9.03. The SMILES string of the molecule is Cc1cc(C(=O)[C@H](C)OC(=O)c2cnccn2)c(C)n1-c1ccc(OC(F)F)cc1. The summed E-state index contributed by atoms with van der Waals surface area (Å²) in [6, 6.07) is 7.77. The van der Waals surface area contributed by atoms with Crippen molar-refractivity contribution in [3.63, 3.8) is 0 Å². The van der Waals surface area contributed by atoms with Gasteiger partial charge in [0.15, 0.2) is 11.8 Å². The number of aryl methyl sites for hydroxylation is 1. The number of carbonyl (C=O) groups excluding carboxylic acids is 2. The number of ether oxygens (including phenoxy) is 2. The lowest BCUT2D eigenvalue weighted by Gasteiger charge is -2.13. The second-order valence-corrected chi connectivity index (χ2v) is 6.50. The molecule has 156 valence electrons. The maximum Gasteiger partial charge on any atom is 0.387 e. The molecule has 9 heteroatoms. The van der Waals surface area contributed by atoms with Crippen molar-refractivity contribution in [3.05, 3.63) is 71.6 Å². The molecule has 0 N–H and O–H groups in total. The Morgan fingerprint density at radius 3 is 2.40 bits per heavy atom. The van der Waals surface area contributed by atoms with Gasteiger partial charge in [0.05, 0.1) is 6.20 Å². The fourth-order valence-corrected chi connectivity index (χ4v) is 3.08. The molecule has 0 aliphatic heterocycles. The fourth-order valence-electron chi connectivity index (χ4n) is 3.08. The van der Waals surface area contributed by atoms with E-state index in [1.165, 1.54) is 37.6 Å². The summed E-state index contributed by atoms with van der Waals surface area (Å²) in [4.78, 5) is 32.7. The molecular formula is C21H19F2N3O4. The number of hydrogen-bond donors (Lipinski definition) is 0. The van der Waals surface area contributed by atoms with Gasteiger partial charge in [-0.05, 0) is 51.1 Å². The number of alkyl halides is 2. The van der Waals surface area contributed by atoms with Crippen LogP contribution in [0.2, 0.25) is 0 Å². The van der Waals surface area contributed by atoms with Crippen molar-refractivity contribution in [1.29, 1.82) is 0 Å². The normalized spacial score (nSPS) is 11.9. The third kappa shape index (κ3) is 4.51. The molecule has 7 nitrogen and oxygen atoms in total. The number of halogens is 2. The minimum atomic E-state index is -2.90. The Bertz CT molecular complexity index is 1050. The molecule has 3 rings (SSSR count). The molecule has 0 spiro atoms. The number of nitrogens with zero attached hydrogens (tertiary/aromatic N) is 3. The van der Waals surface area contributed by atoms with Gasteiger partial charge in [-0.25, -0.2) is 9.78 Å². The third-order valence-electron chi connectivity index (χ3n) is 4.44. The Morgan fingerprint density at radius 2 is 1.80 bits per heavy atom. The maximum absolute atomic E-state index is 12.9. The highest BCUT2D eigenvalue weighted by molar-refractivity contribution is 6.02. The molecule has 1 aromatic carbocycles. The van der Waals surface area contributed by atoms with Crippen LogP contribution < -0.4 is 4.74 Å².